The normalized spacial score (nSPS) is 15.4. The van der Waals surface area contributed by atoms with Crippen LogP contribution in [0.25, 0.3) is 11.0 Å². The molecule has 6 nitrogen and oxygen atoms in total. The van der Waals surface area contributed by atoms with Gasteiger partial charge in [-0.1, -0.05) is 43.5 Å². The van der Waals surface area contributed by atoms with Gasteiger partial charge in [-0.3, -0.25) is 9.59 Å². The van der Waals surface area contributed by atoms with Crippen LogP contribution in [0.2, 0.25) is 5.02 Å². The zero-order valence-corrected chi connectivity index (χ0v) is 19.0. The lowest BCUT2D eigenvalue weighted by molar-refractivity contribution is 0.0663. The van der Waals surface area contributed by atoms with E-state index in [2.05, 4.69) is 6.92 Å². The predicted molar refractivity (Wildman–Crippen MR) is 124 cm³/mol. The number of hydrogen-bond acceptors (Lipinski definition) is 5. The summed E-state index contributed by atoms with van der Waals surface area (Å²) in [5.41, 5.74) is 1.23. The fourth-order valence-corrected chi connectivity index (χ4v) is 4.22. The van der Waals surface area contributed by atoms with Crippen molar-refractivity contribution in [3.05, 3.63) is 74.6 Å². The molecule has 0 radical (unpaired) electrons. The van der Waals surface area contributed by atoms with E-state index in [-0.39, 0.29) is 17.1 Å². The molecule has 1 aliphatic heterocycles. The first kappa shape index (κ1) is 22.4. The molecule has 1 atom stereocenters. The molecule has 1 unspecified atom stereocenters. The van der Waals surface area contributed by atoms with Crippen molar-refractivity contribution in [2.24, 2.45) is 0 Å². The van der Waals surface area contributed by atoms with E-state index in [1.54, 1.807) is 30.2 Å². The molecule has 2 heterocycles. The van der Waals surface area contributed by atoms with E-state index in [1.165, 1.54) is 0 Å². The molecular formula is C25H26ClNO5. The minimum absolute atomic E-state index is 0.0748. The number of rotatable bonds is 9. The molecule has 0 saturated carbocycles. The molecule has 1 aliphatic rings. The average Bonchev–Trinajstić information content (AvgIpc) is 3.08. The maximum absolute atomic E-state index is 13.4. The number of halogens is 1. The largest absolute Gasteiger partial charge is 0.494 e. The van der Waals surface area contributed by atoms with Crippen molar-refractivity contribution in [2.45, 2.75) is 32.2 Å². The zero-order valence-electron chi connectivity index (χ0n) is 18.2. The van der Waals surface area contributed by atoms with Crippen LogP contribution in [0.1, 0.15) is 53.9 Å². The van der Waals surface area contributed by atoms with Crippen molar-refractivity contribution in [1.82, 2.24) is 4.90 Å². The third-order valence-electron chi connectivity index (χ3n) is 5.68. The van der Waals surface area contributed by atoms with Crippen molar-refractivity contribution < 1.29 is 18.7 Å². The molecule has 0 saturated heterocycles. The number of unbranched alkanes of at least 4 members (excludes halogenated alkanes) is 2. The molecular weight excluding hydrogens is 430 g/mol. The second-order valence-electron chi connectivity index (χ2n) is 7.83. The topological polar surface area (TPSA) is 69.0 Å². The summed E-state index contributed by atoms with van der Waals surface area (Å²) < 4.78 is 16.9. The summed E-state index contributed by atoms with van der Waals surface area (Å²) in [7, 11) is 1.58. The van der Waals surface area contributed by atoms with Gasteiger partial charge in [-0.25, -0.2) is 0 Å². The first-order valence-electron chi connectivity index (χ1n) is 10.8. The van der Waals surface area contributed by atoms with Crippen molar-refractivity contribution >= 4 is 28.5 Å². The fourth-order valence-electron chi connectivity index (χ4n) is 4.05. The highest BCUT2D eigenvalue weighted by molar-refractivity contribution is 6.31. The number of carbonyl (C=O) groups excluding carboxylic acids is 1. The van der Waals surface area contributed by atoms with Crippen LogP contribution in [0.3, 0.4) is 0 Å². The molecule has 1 amide bonds. The van der Waals surface area contributed by atoms with Gasteiger partial charge in [0, 0.05) is 18.7 Å². The van der Waals surface area contributed by atoms with Gasteiger partial charge in [0.25, 0.3) is 5.91 Å². The van der Waals surface area contributed by atoms with Gasteiger partial charge in [0.15, 0.2) is 5.43 Å². The highest BCUT2D eigenvalue weighted by Crippen LogP contribution is 2.38. The Hall–Kier alpha value is -2.83. The van der Waals surface area contributed by atoms with Gasteiger partial charge in [0.05, 0.1) is 30.2 Å². The van der Waals surface area contributed by atoms with E-state index >= 15 is 0 Å². The summed E-state index contributed by atoms with van der Waals surface area (Å²) in [5, 5.41) is 0.796. The lowest BCUT2D eigenvalue weighted by atomic mass is 9.98. The highest BCUT2D eigenvalue weighted by Gasteiger charge is 2.42. The molecule has 0 spiro atoms. The Labute approximate surface area is 191 Å². The lowest BCUT2D eigenvalue weighted by Crippen LogP contribution is -2.32. The monoisotopic (exact) mass is 455 g/mol. The van der Waals surface area contributed by atoms with Gasteiger partial charge in [-0.15, -0.1) is 0 Å². The van der Waals surface area contributed by atoms with Crippen LogP contribution < -0.4 is 10.2 Å². The average molecular weight is 456 g/mol. The maximum atomic E-state index is 13.4. The van der Waals surface area contributed by atoms with Crippen LogP contribution >= 0.6 is 11.6 Å². The van der Waals surface area contributed by atoms with Crippen molar-refractivity contribution in [2.75, 3.05) is 26.9 Å². The summed E-state index contributed by atoms with van der Waals surface area (Å²) >= 11 is 6.11. The minimum atomic E-state index is -0.568. The third kappa shape index (κ3) is 4.25. The van der Waals surface area contributed by atoms with Gasteiger partial charge in [-0.2, -0.15) is 0 Å². The third-order valence-corrected chi connectivity index (χ3v) is 5.91. The van der Waals surface area contributed by atoms with Crippen LogP contribution in [0.15, 0.2) is 51.7 Å². The summed E-state index contributed by atoms with van der Waals surface area (Å²) in [6.07, 6.45) is 3.27. The molecule has 4 rings (SSSR count). The van der Waals surface area contributed by atoms with E-state index in [1.807, 2.05) is 24.3 Å². The Balaban J connectivity index is 1.74. The van der Waals surface area contributed by atoms with Gasteiger partial charge in [0.1, 0.15) is 11.3 Å². The number of carbonyl (C=O) groups is 1. The standard InChI is InChI=1S/C25H26ClNO5/c1-3-4-5-13-31-18-9-6-16(7-10-18)22-21-23(28)19-15-17(26)8-11-20(19)32-24(21)25(29)27(22)12-14-30-2/h6-11,15,22H,3-5,12-14H2,1-2H3. The second-order valence-corrected chi connectivity index (χ2v) is 8.27. The number of nitrogens with zero attached hydrogens (tertiary/aromatic N) is 1. The molecule has 7 heteroatoms. The van der Waals surface area contributed by atoms with Crippen LogP contribution in [-0.2, 0) is 4.74 Å². The fraction of sp³-hybridized carbons (Fsp3) is 0.360. The summed E-state index contributed by atoms with van der Waals surface area (Å²) in [6, 6.07) is 11.8. The van der Waals surface area contributed by atoms with Crippen LogP contribution in [0, 0.1) is 0 Å². The second kappa shape index (κ2) is 9.76. The van der Waals surface area contributed by atoms with E-state index in [0.29, 0.717) is 41.3 Å². The zero-order chi connectivity index (χ0) is 22.7. The van der Waals surface area contributed by atoms with Crippen molar-refractivity contribution in [1.29, 1.82) is 0 Å². The number of methoxy groups -OCH3 is 1. The van der Waals surface area contributed by atoms with Crippen LogP contribution in [0.5, 0.6) is 5.75 Å². The van der Waals surface area contributed by atoms with Crippen molar-refractivity contribution in [3.8, 4) is 5.75 Å². The van der Waals surface area contributed by atoms with Crippen LogP contribution in [0.4, 0.5) is 0 Å². The van der Waals surface area contributed by atoms with Gasteiger partial charge < -0.3 is 18.8 Å². The molecule has 0 N–H and O–H groups in total. The molecule has 0 aliphatic carbocycles. The maximum Gasteiger partial charge on any atom is 0.290 e. The Kier molecular flexibility index (Phi) is 6.82. The van der Waals surface area contributed by atoms with Crippen molar-refractivity contribution in [3.63, 3.8) is 0 Å². The number of amides is 1. The summed E-state index contributed by atoms with van der Waals surface area (Å²) in [6.45, 7) is 3.48. The molecule has 0 fully saturated rings. The Morgan fingerprint density at radius 1 is 1.06 bits per heavy atom. The number of ether oxygens (including phenoxy) is 2. The SMILES string of the molecule is CCCCCOc1ccc(C2c3c(oc4ccc(Cl)cc4c3=O)C(=O)N2CCOC)cc1. The number of fused-ring (bicyclic) bond motifs is 2. The first-order valence-corrected chi connectivity index (χ1v) is 11.2. The Morgan fingerprint density at radius 2 is 1.84 bits per heavy atom. The Morgan fingerprint density at radius 3 is 2.56 bits per heavy atom. The van der Waals surface area contributed by atoms with Crippen LogP contribution in [-0.4, -0.2) is 37.7 Å². The van der Waals surface area contributed by atoms with Gasteiger partial charge in [-0.05, 0) is 42.3 Å². The Bertz CT molecular complexity index is 1170. The molecule has 168 valence electrons. The van der Waals surface area contributed by atoms with E-state index in [0.717, 1.165) is 30.6 Å². The molecule has 2 aromatic carbocycles. The lowest BCUT2D eigenvalue weighted by Gasteiger charge is -2.25. The predicted octanol–water partition coefficient (Wildman–Crippen LogP) is 5.21. The first-order chi connectivity index (χ1) is 15.5. The number of hydrogen-bond donors (Lipinski definition) is 0. The minimum Gasteiger partial charge on any atom is -0.494 e. The summed E-state index contributed by atoms with van der Waals surface area (Å²) in [4.78, 5) is 28.3. The molecule has 32 heavy (non-hydrogen) atoms. The highest BCUT2D eigenvalue weighted by atomic mass is 35.5. The van der Waals surface area contributed by atoms with E-state index in [9.17, 15) is 9.59 Å². The van der Waals surface area contributed by atoms with Gasteiger partial charge >= 0.3 is 0 Å². The van der Waals surface area contributed by atoms with E-state index in [4.69, 9.17) is 25.5 Å². The molecule has 0 bridgehead atoms. The van der Waals surface area contributed by atoms with E-state index < -0.39 is 6.04 Å². The van der Waals surface area contributed by atoms with Gasteiger partial charge in [0.2, 0.25) is 5.76 Å². The molecule has 1 aromatic heterocycles. The quantitative estimate of drug-likeness (QED) is 0.414. The number of benzene rings is 2. The molecule has 3 aromatic rings. The smallest absolute Gasteiger partial charge is 0.290 e. The summed E-state index contributed by atoms with van der Waals surface area (Å²) in [5.74, 6) is 0.511.